The molecule has 0 aromatic heterocycles. The lowest BCUT2D eigenvalue weighted by Crippen LogP contribution is -2.30. The predicted molar refractivity (Wildman–Crippen MR) is 111 cm³/mol. The highest BCUT2D eigenvalue weighted by Crippen LogP contribution is 2.16. The number of rotatable bonds is 16. The zero-order valence-corrected chi connectivity index (χ0v) is 16.8. The van der Waals surface area contributed by atoms with Crippen molar-refractivity contribution < 1.29 is 9.63 Å². The third-order valence-electron chi connectivity index (χ3n) is 4.65. The Kier molecular flexibility index (Phi) is 13.8. The van der Waals surface area contributed by atoms with Gasteiger partial charge in [0.05, 0.1) is 12.3 Å². The van der Waals surface area contributed by atoms with Gasteiger partial charge in [0.15, 0.2) is 0 Å². The molecule has 1 amide bonds. The third kappa shape index (κ3) is 10.6. The summed E-state index contributed by atoms with van der Waals surface area (Å²) in [6.45, 7) is 6.52. The highest BCUT2D eigenvalue weighted by molar-refractivity contribution is 5.91. The second kappa shape index (κ2) is 15.9. The van der Waals surface area contributed by atoms with E-state index in [1.165, 1.54) is 69.3 Å². The van der Waals surface area contributed by atoms with Crippen LogP contribution in [0.15, 0.2) is 30.3 Å². The molecule has 0 saturated heterocycles. The summed E-state index contributed by atoms with van der Waals surface area (Å²) in [6.07, 6.45) is 16.0. The first-order valence-corrected chi connectivity index (χ1v) is 10.6. The monoisotopic (exact) mass is 360 g/mol. The first-order valence-electron chi connectivity index (χ1n) is 10.6. The smallest absolute Gasteiger partial charge is 0.250 e. The normalized spacial score (nSPS) is 10.8. The predicted octanol–water partition coefficient (Wildman–Crippen LogP) is 6.88. The van der Waals surface area contributed by atoms with Gasteiger partial charge in [-0.15, -0.1) is 0 Å². The van der Waals surface area contributed by atoms with Crippen LogP contribution in [0.3, 0.4) is 0 Å². The van der Waals surface area contributed by atoms with Crippen LogP contribution in [-0.4, -0.2) is 12.5 Å². The van der Waals surface area contributed by atoms with Gasteiger partial charge in [0, 0.05) is 6.42 Å². The Morgan fingerprint density at radius 2 is 1.35 bits per heavy atom. The van der Waals surface area contributed by atoms with Gasteiger partial charge in [0.1, 0.15) is 0 Å². The summed E-state index contributed by atoms with van der Waals surface area (Å²) in [6, 6.07) is 9.52. The fraction of sp³-hybridized carbons (Fsp3) is 0.652. The van der Waals surface area contributed by atoms with E-state index in [2.05, 4.69) is 13.8 Å². The fourth-order valence-corrected chi connectivity index (χ4v) is 3.05. The van der Waals surface area contributed by atoms with E-state index in [1.807, 2.05) is 30.3 Å². The van der Waals surface area contributed by atoms with Crippen LogP contribution < -0.4 is 5.06 Å². The van der Waals surface area contributed by atoms with Gasteiger partial charge in [-0.2, -0.15) is 5.06 Å². The van der Waals surface area contributed by atoms with E-state index in [0.717, 1.165) is 18.5 Å². The lowest BCUT2D eigenvalue weighted by atomic mass is 10.1. The molecule has 0 heterocycles. The van der Waals surface area contributed by atoms with Crippen LogP contribution in [-0.2, 0) is 9.63 Å². The summed E-state index contributed by atoms with van der Waals surface area (Å²) >= 11 is 0. The minimum Gasteiger partial charge on any atom is -0.272 e. The molecule has 3 heteroatoms. The summed E-state index contributed by atoms with van der Waals surface area (Å²) in [7, 11) is 0. The van der Waals surface area contributed by atoms with Crippen LogP contribution in [0, 0.1) is 6.92 Å². The number of carbonyl (C=O) groups is 1. The molecule has 0 fully saturated rings. The third-order valence-corrected chi connectivity index (χ3v) is 4.65. The molecule has 1 aromatic rings. The number of anilines is 1. The van der Waals surface area contributed by atoms with E-state index in [1.54, 1.807) is 0 Å². The molecule has 0 saturated carbocycles. The maximum Gasteiger partial charge on any atom is 0.250 e. The molecule has 0 aliphatic carbocycles. The number of hydroxylamine groups is 1. The molecule has 1 aromatic carbocycles. The second-order valence-electron chi connectivity index (χ2n) is 7.00. The number of nitrogens with zero attached hydrogens (tertiary/aromatic N) is 1. The number of unbranched alkanes of at least 4 members (excludes halogenated alkanes) is 11. The highest BCUT2D eigenvalue weighted by Gasteiger charge is 2.14. The first-order chi connectivity index (χ1) is 12.8. The average Bonchev–Trinajstić information content (AvgIpc) is 2.68. The lowest BCUT2D eigenvalue weighted by Gasteiger charge is -2.21. The van der Waals surface area contributed by atoms with Gasteiger partial charge < -0.3 is 0 Å². The van der Waals surface area contributed by atoms with Crippen LogP contribution in [0.4, 0.5) is 5.69 Å². The molecule has 26 heavy (non-hydrogen) atoms. The van der Waals surface area contributed by atoms with E-state index in [9.17, 15) is 4.79 Å². The van der Waals surface area contributed by atoms with E-state index < -0.39 is 0 Å². The standard InChI is InChI=1S/C23H38NO2/c1-3-5-6-7-8-9-10-11-12-13-14-18-21-26-24(23(25)4-2)22-19-16-15-17-20-22/h15-17,19-20H,2-14,18,21H2,1H3. The molecule has 1 radical (unpaired) electrons. The van der Waals surface area contributed by atoms with Crippen molar-refractivity contribution in [2.24, 2.45) is 0 Å². The Bertz CT molecular complexity index is 447. The number of carbonyl (C=O) groups excluding carboxylic acids is 1. The van der Waals surface area contributed by atoms with Crippen molar-refractivity contribution in [2.75, 3.05) is 11.7 Å². The van der Waals surface area contributed by atoms with E-state index in [0.29, 0.717) is 6.61 Å². The second-order valence-corrected chi connectivity index (χ2v) is 7.00. The molecular formula is C23H38NO2. The van der Waals surface area contributed by atoms with Crippen molar-refractivity contribution in [3.63, 3.8) is 0 Å². The fourth-order valence-electron chi connectivity index (χ4n) is 3.05. The van der Waals surface area contributed by atoms with Gasteiger partial charge in [0.25, 0.3) is 5.91 Å². The van der Waals surface area contributed by atoms with Crippen LogP contribution in [0.2, 0.25) is 0 Å². The van der Waals surface area contributed by atoms with E-state index >= 15 is 0 Å². The van der Waals surface area contributed by atoms with Gasteiger partial charge in [0.2, 0.25) is 0 Å². The molecule has 147 valence electrons. The number of amides is 1. The highest BCUT2D eigenvalue weighted by atomic mass is 16.7. The summed E-state index contributed by atoms with van der Waals surface area (Å²) in [5, 5.41) is 1.39. The summed E-state index contributed by atoms with van der Waals surface area (Å²) in [5.74, 6) is -0.102. The van der Waals surface area contributed by atoms with Crippen molar-refractivity contribution >= 4 is 11.6 Å². The van der Waals surface area contributed by atoms with Gasteiger partial charge in [-0.05, 0) is 25.5 Å². The maximum atomic E-state index is 12.0. The van der Waals surface area contributed by atoms with Gasteiger partial charge in [-0.25, -0.2) is 0 Å². The first kappa shape index (κ1) is 22.7. The Labute approximate surface area is 161 Å². The zero-order chi connectivity index (χ0) is 18.9. The molecular weight excluding hydrogens is 322 g/mol. The minimum absolute atomic E-state index is 0.102. The molecule has 0 aliphatic rings. The SMILES string of the molecule is [CH2]CC(=O)N(OCCCCCCCCCCCCCC)c1ccccc1. The lowest BCUT2D eigenvalue weighted by molar-refractivity contribution is -0.125. The Morgan fingerprint density at radius 1 is 0.846 bits per heavy atom. The van der Waals surface area contributed by atoms with Crippen LogP contribution >= 0.6 is 0 Å². The van der Waals surface area contributed by atoms with Crippen molar-refractivity contribution in [2.45, 2.75) is 90.4 Å². The quantitative estimate of drug-likeness (QED) is 0.237. The number of hydrogen-bond acceptors (Lipinski definition) is 2. The molecule has 0 bridgehead atoms. The minimum atomic E-state index is -0.102. The summed E-state index contributed by atoms with van der Waals surface area (Å²) < 4.78 is 0. The molecule has 0 atom stereocenters. The molecule has 3 nitrogen and oxygen atoms in total. The van der Waals surface area contributed by atoms with Gasteiger partial charge in [-0.1, -0.05) is 95.8 Å². The van der Waals surface area contributed by atoms with Crippen molar-refractivity contribution in [3.8, 4) is 0 Å². The Morgan fingerprint density at radius 3 is 1.85 bits per heavy atom. The largest absolute Gasteiger partial charge is 0.272 e. The topological polar surface area (TPSA) is 29.5 Å². The number of benzene rings is 1. The summed E-state index contributed by atoms with van der Waals surface area (Å²) in [5.41, 5.74) is 0.778. The number of hydrogen-bond donors (Lipinski definition) is 0. The van der Waals surface area contributed by atoms with Crippen molar-refractivity contribution in [3.05, 3.63) is 37.3 Å². The average molecular weight is 361 g/mol. The molecule has 0 unspecified atom stereocenters. The maximum absolute atomic E-state index is 12.0. The van der Waals surface area contributed by atoms with Crippen molar-refractivity contribution in [1.82, 2.24) is 0 Å². The van der Waals surface area contributed by atoms with Crippen LogP contribution in [0.25, 0.3) is 0 Å². The zero-order valence-electron chi connectivity index (χ0n) is 16.8. The molecule has 0 spiro atoms. The Hall–Kier alpha value is -1.35. The van der Waals surface area contributed by atoms with E-state index in [4.69, 9.17) is 4.84 Å². The molecule has 1 rings (SSSR count). The Balaban J connectivity index is 2.02. The van der Waals surface area contributed by atoms with Crippen molar-refractivity contribution in [1.29, 1.82) is 0 Å². The number of para-hydroxylation sites is 1. The molecule has 0 N–H and O–H groups in total. The van der Waals surface area contributed by atoms with Gasteiger partial charge in [-0.3, -0.25) is 9.63 Å². The summed E-state index contributed by atoms with van der Waals surface area (Å²) in [4.78, 5) is 17.7. The van der Waals surface area contributed by atoms with Crippen LogP contribution in [0.1, 0.15) is 90.4 Å². The van der Waals surface area contributed by atoms with E-state index in [-0.39, 0.29) is 12.3 Å². The van der Waals surface area contributed by atoms with Gasteiger partial charge >= 0.3 is 0 Å². The van der Waals surface area contributed by atoms with Crippen LogP contribution in [0.5, 0.6) is 0 Å². The molecule has 0 aliphatic heterocycles.